The van der Waals surface area contributed by atoms with Gasteiger partial charge in [-0.2, -0.15) is 0 Å². The average Bonchev–Trinajstić information content (AvgIpc) is 2.40. The largest absolute Gasteiger partial charge is 0.493 e. The normalized spacial score (nSPS) is 10.7. The highest BCUT2D eigenvalue weighted by atomic mass is 35.5. The first kappa shape index (κ1) is 14.6. The molecule has 0 aliphatic carbocycles. The third-order valence-electron chi connectivity index (χ3n) is 2.90. The fourth-order valence-electron chi connectivity index (χ4n) is 1.89. The van der Waals surface area contributed by atoms with Gasteiger partial charge in [0.2, 0.25) is 5.88 Å². The van der Waals surface area contributed by atoms with Crippen LogP contribution in [0.25, 0.3) is 0 Å². The van der Waals surface area contributed by atoms with E-state index in [0.29, 0.717) is 22.5 Å². The van der Waals surface area contributed by atoms with Crippen LogP contribution in [0, 0.1) is 6.92 Å². The van der Waals surface area contributed by atoms with Gasteiger partial charge in [-0.05, 0) is 30.5 Å². The van der Waals surface area contributed by atoms with Crippen molar-refractivity contribution in [1.82, 2.24) is 9.97 Å². The fourth-order valence-corrected chi connectivity index (χ4v) is 2.23. The van der Waals surface area contributed by atoms with Crippen LogP contribution in [0.4, 0.5) is 0 Å². The quantitative estimate of drug-likeness (QED) is 0.785. The van der Waals surface area contributed by atoms with Crippen molar-refractivity contribution < 1.29 is 9.47 Å². The third kappa shape index (κ3) is 3.02. The molecule has 1 aromatic heterocycles. The van der Waals surface area contributed by atoms with Gasteiger partial charge in [0.25, 0.3) is 0 Å². The lowest BCUT2D eigenvalue weighted by atomic mass is 10.1. The molecular formula is C15H17ClN2O2. The van der Waals surface area contributed by atoms with E-state index in [-0.39, 0.29) is 5.92 Å². The first-order chi connectivity index (χ1) is 9.52. The van der Waals surface area contributed by atoms with Crippen molar-refractivity contribution in [1.29, 1.82) is 0 Å². The minimum Gasteiger partial charge on any atom is -0.493 e. The number of rotatable bonds is 4. The molecule has 0 N–H and O–H groups in total. The second-order valence-electron chi connectivity index (χ2n) is 4.79. The number of methoxy groups -OCH3 is 1. The standard InChI is InChI=1S/C15H17ClN2O2/c1-9(2)13-14(16)17-8-18-15(13)20-11-6-5-10(3)7-12(11)19-4/h5-9H,1-4H3. The fraction of sp³-hybridized carbons (Fsp3) is 0.333. The van der Waals surface area contributed by atoms with Gasteiger partial charge in [-0.1, -0.05) is 31.5 Å². The minimum absolute atomic E-state index is 0.162. The number of benzene rings is 1. The van der Waals surface area contributed by atoms with Gasteiger partial charge < -0.3 is 9.47 Å². The Morgan fingerprint density at radius 2 is 1.90 bits per heavy atom. The Bertz CT molecular complexity index is 615. The molecule has 5 heteroatoms. The van der Waals surface area contributed by atoms with Crippen molar-refractivity contribution in [2.75, 3.05) is 7.11 Å². The van der Waals surface area contributed by atoms with Crippen molar-refractivity contribution in [2.45, 2.75) is 26.7 Å². The summed E-state index contributed by atoms with van der Waals surface area (Å²) in [5, 5.41) is 0.413. The van der Waals surface area contributed by atoms with E-state index >= 15 is 0 Å². The summed E-state index contributed by atoms with van der Waals surface area (Å²) < 4.78 is 11.2. The highest BCUT2D eigenvalue weighted by Crippen LogP contribution is 2.36. The highest BCUT2D eigenvalue weighted by molar-refractivity contribution is 6.30. The van der Waals surface area contributed by atoms with E-state index in [0.717, 1.165) is 11.1 Å². The summed E-state index contributed by atoms with van der Waals surface area (Å²) in [6.07, 6.45) is 1.39. The summed E-state index contributed by atoms with van der Waals surface area (Å²) in [5.41, 5.74) is 1.88. The maximum Gasteiger partial charge on any atom is 0.227 e. The molecule has 1 aromatic carbocycles. The van der Waals surface area contributed by atoms with E-state index in [1.54, 1.807) is 7.11 Å². The lowest BCUT2D eigenvalue weighted by Gasteiger charge is -2.15. The maximum absolute atomic E-state index is 6.13. The number of aryl methyl sites for hydroxylation is 1. The average molecular weight is 293 g/mol. The molecule has 4 nitrogen and oxygen atoms in total. The third-order valence-corrected chi connectivity index (χ3v) is 3.20. The van der Waals surface area contributed by atoms with Gasteiger partial charge in [-0.25, -0.2) is 9.97 Å². The smallest absolute Gasteiger partial charge is 0.227 e. The number of hydrogen-bond donors (Lipinski definition) is 0. The topological polar surface area (TPSA) is 44.2 Å². The number of ether oxygens (including phenoxy) is 2. The Balaban J connectivity index is 2.43. The van der Waals surface area contributed by atoms with Gasteiger partial charge in [0.15, 0.2) is 11.5 Å². The van der Waals surface area contributed by atoms with Crippen LogP contribution in [0.5, 0.6) is 17.4 Å². The van der Waals surface area contributed by atoms with Crippen LogP contribution in [-0.2, 0) is 0 Å². The molecular weight excluding hydrogens is 276 g/mol. The van der Waals surface area contributed by atoms with Gasteiger partial charge in [-0.15, -0.1) is 0 Å². The summed E-state index contributed by atoms with van der Waals surface area (Å²) in [5.74, 6) is 1.89. The van der Waals surface area contributed by atoms with Crippen LogP contribution in [0.15, 0.2) is 24.5 Å². The van der Waals surface area contributed by atoms with Gasteiger partial charge in [0, 0.05) is 0 Å². The zero-order chi connectivity index (χ0) is 14.7. The predicted octanol–water partition coefficient (Wildman–Crippen LogP) is 4.36. The molecule has 106 valence electrons. The van der Waals surface area contributed by atoms with E-state index in [9.17, 15) is 0 Å². The molecule has 0 radical (unpaired) electrons. The van der Waals surface area contributed by atoms with Crippen molar-refractivity contribution in [3.05, 3.63) is 40.8 Å². The molecule has 0 atom stereocenters. The molecule has 0 saturated carbocycles. The van der Waals surface area contributed by atoms with Crippen molar-refractivity contribution in [3.63, 3.8) is 0 Å². The highest BCUT2D eigenvalue weighted by Gasteiger charge is 2.17. The molecule has 20 heavy (non-hydrogen) atoms. The molecule has 0 saturated heterocycles. The summed E-state index contributed by atoms with van der Waals surface area (Å²) in [7, 11) is 1.61. The van der Waals surface area contributed by atoms with E-state index in [1.807, 2.05) is 39.0 Å². The van der Waals surface area contributed by atoms with Crippen LogP contribution >= 0.6 is 11.6 Å². The van der Waals surface area contributed by atoms with Crippen LogP contribution in [0.2, 0.25) is 5.15 Å². The lowest BCUT2D eigenvalue weighted by molar-refractivity contribution is 0.371. The molecule has 2 rings (SSSR count). The predicted molar refractivity (Wildman–Crippen MR) is 78.9 cm³/mol. The van der Waals surface area contributed by atoms with Crippen molar-refractivity contribution in [3.8, 4) is 17.4 Å². The summed E-state index contributed by atoms with van der Waals surface area (Å²) in [4.78, 5) is 8.18. The zero-order valence-corrected chi connectivity index (χ0v) is 12.7. The van der Waals surface area contributed by atoms with Gasteiger partial charge in [0.1, 0.15) is 11.5 Å². The molecule has 0 unspecified atom stereocenters. The second kappa shape index (κ2) is 6.09. The Morgan fingerprint density at radius 1 is 1.15 bits per heavy atom. The Kier molecular flexibility index (Phi) is 4.45. The number of aromatic nitrogens is 2. The molecule has 0 spiro atoms. The maximum atomic E-state index is 6.13. The van der Waals surface area contributed by atoms with E-state index in [4.69, 9.17) is 21.1 Å². The van der Waals surface area contributed by atoms with E-state index < -0.39 is 0 Å². The van der Waals surface area contributed by atoms with Crippen LogP contribution in [0.3, 0.4) is 0 Å². The number of nitrogens with zero attached hydrogens (tertiary/aromatic N) is 2. The molecule has 0 amide bonds. The van der Waals surface area contributed by atoms with Crippen LogP contribution < -0.4 is 9.47 Å². The molecule has 0 bridgehead atoms. The summed E-state index contributed by atoms with van der Waals surface area (Å²) in [6, 6.07) is 5.72. The first-order valence-corrected chi connectivity index (χ1v) is 6.73. The Hall–Kier alpha value is -1.81. The van der Waals surface area contributed by atoms with E-state index in [2.05, 4.69) is 9.97 Å². The monoisotopic (exact) mass is 292 g/mol. The number of halogens is 1. The Labute approximate surface area is 123 Å². The SMILES string of the molecule is COc1cc(C)ccc1Oc1ncnc(Cl)c1C(C)C. The first-order valence-electron chi connectivity index (χ1n) is 6.35. The number of hydrogen-bond acceptors (Lipinski definition) is 4. The van der Waals surface area contributed by atoms with Crippen LogP contribution in [0.1, 0.15) is 30.9 Å². The Morgan fingerprint density at radius 3 is 2.55 bits per heavy atom. The van der Waals surface area contributed by atoms with Gasteiger partial charge >= 0.3 is 0 Å². The minimum atomic E-state index is 0.162. The summed E-state index contributed by atoms with van der Waals surface area (Å²) >= 11 is 6.13. The second-order valence-corrected chi connectivity index (χ2v) is 5.15. The van der Waals surface area contributed by atoms with Gasteiger partial charge in [0.05, 0.1) is 12.7 Å². The lowest BCUT2D eigenvalue weighted by Crippen LogP contribution is -2.00. The van der Waals surface area contributed by atoms with Crippen LogP contribution in [-0.4, -0.2) is 17.1 Å². The molecule has 0 aliphatic heterocycles. The van der Waals surface area contributed by atoms with Crippen molar-refractivity contribution in [2.24, 2.45) is 0 Å². The zero-order valence-electron chi connectivity index (χ0n) is 12.0. The molecule has 0 fully saturated rings. The molecule has 2 aromatic rings. The summed E-state index contributed by atoms with van der Waals surface area (Å²) in [6.45, 7) is 6.03. The van der Waals surface area contributed by atoms with Crippen molar-refractivity contribution >= 4 is 11.6 Å². The van der Waals surface area contributed by atoms with Gasteiger partial charge in [-0.3, -0.25) is 0 Å². The molecule has 1 heterocycles. The van der Waals surface area contributed by atoms with E-state index in [1.165, 1.54) is 6.33 Å². The molecule has 0 aliphatic rings.